The van der Waals surface area contributed by atoms with E-state index in [2.05, 4.69) is 66.0 Å². The molecule has 0 spiro atoms. The second kappa shape index (κ2) is 6.75. The predicted octanol–water partition coefficient (Wildman–Crippen LogP) is 3.56. The Morgan fingerprint density at radius 3 is 2.83 bits per heavy atom. The van der Waals surface area contributed by atoms with Crippen molar-refractivity contribution in [2.75, 3.05) is 7.05 Å². The summed E-state index contributed by atoms with van der Waals surface area (Å²) in [7, 11) is 2.14. The number of hydrogen-bond acceptors (Lipinski definition) is 3. The second-order valence-corrected chi connectivity index (χ2v) is 5.91. The Bertz CT molecular complexity index is 814. The lowest BCUT2D eigenvalue weighted by atomic mass is 10.1. The van der Waals surface area contributed by atoms with Crippen LogP contribution in [0, 0.1) is 6.92 Å². The highest BCUT2D eigenvalue weighted by atomic mass is 15.3. The maximum Gasteiger partial charge on any atom is 0.0705 e. The third kappa shape index (κ3) is 3.48. The Labute approximate surface area is 137 Å². The Balaban J connectivity index is 1.76. The van der Waals surface area contributed by atoms with E-state index in [1.807, 2.05) is 23.0 Å². The van der Waals surface area contributed by atoms with Gasteiger partial charge in [0.2, 0.25) is 0 Å². The molecule has 1 aromatic carbocycles. The maximum atomic E-state index is 4.52. The van der Waals surface area contributed by atoms with E-state index < -0.39 is 0 Å². The number of rotatable bonds is 6. The highest BCUT2D eigenvalue weighted by Crippen LogP contribution is 2.19. The van der Waals surface area contributed by atoms with Crippen molar-refractivity contribution in [2.24, 2.45) is 0 Å². The summed E-state index contributed by atoms with van der Waals surface area (Å²) in [6, 6.07) is 10.4. The van der Waals surface area contributed by atoms with E-state index in [0.717, 1.165) is 30.8 Å². The molecule has 118 valence electrons. The molecule has 0 aliphatic rings. The van der Waals surface area contributed by atoms with Gasteiger partial charge in [0.05, 0.1) is 17.8 Å². The molecule has 4 nitrogen and oxygen atoms in total. The number of hydrogen-bond donors (Lipinski definition) is 0. The molecule has 0 saturated carbocycles. The van der Waals surface area contributed by atoms with Crippen LogP contribution in [0.3, 0.4) is 0 Å². The first-order valence-electron chi connectivity index (χ1n) is 7.82. The number of aryl methyl sites for hydroxylation is 1. The third-order valence-corrected chi connectivity index (χ3v) is 3.98. The molecule has 0 fully saturated rings. The van der Waals surface area contributed by atoms with E-state index in [0.29, 0.717) is 0 Å². The van der Waals surface area contributed by atoms with Crippen LogP contribution >= 0.6 is 0 Å². The van der Waals surface area contributed by atoms with Gasteiger partial charge in [-0.3, -0.25) is 14.6 Å². The molecule has 2 aromatic heterocycles. The fraction of sp³-hybridized carbons (Fsp3) is 0.263. The molecule has 0 saturated heterocycles. The van der Waals surface area contributed by atoms with Gasteiger partial charge in [0.25, 0.3) is 0 Å². The quantitative estimate of drug-likeness (QED) is 0.653. The van der Waals surface area contributed by atoms with Crippen LogP contribution in [-0.4, -0.2) is 26.7 Å². The van der Waals surface area contributed by atoms with Gasteiger partial charge in [0.1, 0.15) is 0 Å². The summed E-state index contributed by atoms with van der Waals surface area (Å²) in [6.07, 6.45) is 5.81. The zero-order valence-corrected chi connectivity index (χ0v) is 13.7. The first kappa shape index (κ1) is 15.4. The van der Waals surface area contributed by atoms with Crippen molar-refractivity contribution in [1.29, 1.82) is 0 Å². The molecular weight excluding hydrogens is 284 g/mol. The van der Waals surface area contributed by atoms with Gasteiger partial charge in [0.15, 0.2) is 0 Å². The summed E-state index contributed by atoms with van der Waals surface area (Å²) in [6.45, 7) is 8.33. The summed E-state index contributed by atoms with van der Waals surface area (Å²) in [5, 5.41) is 5.74. The summed E-state index contributed by atoms with van der Waals surface area (Å²) in [4.78, 5) is 6.74. The minimum absolute atomic E-state index is 0.750. The minimum Gasteiger partial charge on any atom is -0.298 e. The van der Waals surface area contributed by atoms with Crippen molar-refractivity contribution >= 4 is 10.9 Å². The standard InChI is InChI=1S/C19H22N4/c1-4-11-23-14-17(15(2)21-23)13-22(3)12-16-7-5-9-19-18(16)8-6-10-20-19/h4-10,14H,1,11-13H2,2-3H3. The average molecular weight is 306 g/mol. The second-order valence-electron chi connectivity index (χ2n) is 5.91. The fourth-order valence-electron chi connectivity index (χ4n) is 2.88. The van der Waals surface area contributed by atoms with E-state index in [9.17, 15) is 0 Å². The Kier molecular flexibility index (Phi) is 4.53. The Hall–Kier alpha value is -2.46. The van der Waals surface area contributed by atoms with Gasteiger partial charge in [-0.15, -0.1) is 6.58 Å². The van der Waals surface area contributed by atoms with Gasteiger partial charge >= 0.3 is 0 Å². The molecule has 0 aliphatic carbocycles. The van der Waals surface area contributed by atoms with Crippen LogP contribution in [0.4, 0.5) is 0 Å². The van der Waals surface area contributed by atoms with Gasteiger partial charge < -0.3 is 0 Å². The molecule has 0 unspecified atom stereocenters. The highest BCUT2D eigenvalue weighted by Gasteiger charge is 2.09. The molecule has 2 heterocycles. The molecular formula is C19H22N4. The number of aromatic nitrogens is 3. The van der Waals surface area contributed by atoms with Crippen molar-refractivity contribution in [1.82, 2.24) is 19.7 Å². The van der Waals surface area contributed by atoms with E-state index in [-0.39, 0.29) is 0 Å². The number of pyridine rings is 1. The van der Waals surface area contributed by atoms with Crippen molar-refractivity contribution < 1.29 is 0 Å². The molecule has 0 aliphatic heterocycles. The lowest BCUT2D eigenvalue weighted by Gasteiger charge is -2.17. The van der Waals surface area contributed by atoms with E-state index in [4.69, 9.17) is 0 Å². The molecule has 0 bridgehead atoms. The minimum atomic E-state index is 0.750. The smallest absolute Gasteiger partial charge is 0.0705 e. The van der Waals surface area contributed by atoms with Crippen LogP contribution < -0.4 is 0 Å². The number of fused-ring (bicyclic) bond motifs is 1. The van der Waals surface area contributed by atoms with Gasteiger partial charge in [-0.25, -0.2) is 0 Å². The monoisotopic (exact) mass is 306 g/mol. The summed E-state index contributed by atoms with van der Waals surface area (Å²) in [5.74, 6) is 0. The zero-order chi connectivity index (χ0) is 16.2. The van der Waals surface area contributed by atoms with E-state index in [1.165, 1.54) is 16.5 Å². The molecule has 3 aromatic rings. The fourth-order valence-corrected chi connectivity index (χ4v) is 2.88. The number of allylic oxidation sites excluding steroid dienone is 1. The topological polar surface area (TPSA) is 34.0 Å². The molecule has 23 heavy (non-hydrogen) atoms. The van der Waals surface area contributed by atoms with Crippen LogP contribution in [0.1, 0.15) is 16.8 Å². The lowest BCUT2D eigenvalue weighted by Crippen LogP contribution is -2.17. The molecule has 3 rings (SSSR count). The maximum absolute atomic E-state index is 4.52. The van der Waals surface area contributed by atoms with Crippen LogP contribution in [-0.2, 0) is 19.6 Å². The molecule has 0 atom stereocenters. The SMILES string of the molecule is C=CCn1cc(CN(C)Cc2cccc3ncccc23)c(C)n1. The van der Waals surface area contributed by atoms with Crippen LogP contribution in [0.25, 0.3) is 10.9 Å². The first-order chi connectivity index (χ1) is 11.2. The number of benzene rings is 1. The van der Waals surface area contributed by atoms with Gasteiger partial charge in [-0.2, -0.15) is 5.10 Å². The summed E-state index contributed by atoms with van der Waals surface area (Å²) < 4.78 is 1.94. The van der Waals surface area contributed by atoms with Crippen molar-refractivity contribution in [3.63, 3.8) is 0 Å². The molecule has 0 radical (unpaired) electrons. The number of nitrogens with zero attached hydrogens (tertiary/aromatic N) is 4. The molecule has 4 heteroatoms. The first-order valence-corrected chi connectivity index (χ1v) is 7.82. The van der Waals surface area contributed by atoms with Gasteiger partial charge in [-0.1, -0.05) is 24.3 Å². The lowest BCUT2D eigenvalue weighted by molar-refractivity contribution is 0.319. The van der Waals surface area contributed by atoms with Crippen molar-refractivity contribution in [3.05, 3.63) is 72.2 Å². The summed E-state index contributed by atoms with van der Waals surface area (Å²) >= 11 is 0. The van der Waals surface area contributed by atoms with Gasteiger partial charge in [0, 0.05) is 36.4 Å². The third-order valence-electron chi connectivity index (χ3n) is 3.98. The van der Waals surface area contributed by atoms with E-state index in [1.54, 1.807) is 0 Å². The van der Waals surface area contributed by atoms with Crippen LogP contribution in [0.2, 0.25) is 0 Å². The van der Waals surface area contributed by atoms with E-state index >= 15 is 0 Å². The molecule has 0 amide bonds. The largest absolute Gasteiger partial charge is 0.298 e. The van der Waals surface area contributed by atoms with Crippen molar-refractivity contribution in [3.8, 4) is 0 Å². The van der Waals surface area contributed by atoms with Crippen molar-refractivity contribution in [2.45, 2.75) is 26.6 Å². The normalized spacial score (nSPS) is 11.3. The van der Waals surface area contributed by atoms with Crippen LogP contribution in [0.5, 0.6) is 0 Å². The zero-order valence-electron chi connectivity index (χ0n) is 13.7. The Morgan fingerprint density at radius 2 is 2.00 bits per heavy atom. The predicted molar refractivity (Wildman–Crippen MR) is 94.1 cm³/mol. The van der Waals surface area contributed by atoms with Crippen LogP contribution in [0.15, 0.2) is 55.4 Å². The Morgan fingerprint density at radius 1 is 1.17 bits per heavy atom. The summed E-state index contributed by atoms with van der Waals surface area (Å²) in [5.41, 5.74) is 4.69. The molecule has 0 N–H and O–H groups in total. The highest BCUT2D eigenvalue weighted by molar-refractivity contribution is 5.81. The van der Waals surface area contributed by atoms with Gasteiger partial charge in [-0.05, 0) is 31.7 Å². The average Bonchev–Trinajstić information content (AvgIpc) is 2.87.